The first-order valence-corrected chi connectivity index (χ1v) is 8.15. The van der Waals surface area contributed by atoms with Gasteiger partial charge in [0.05, 0.1) is 21.1 Å². The smallest absolute Gasteiger partial charge is 0.115 e. The SMILES string of the molecule is CCCCCCCCCCNCC(O)C[N+](C)(C)C. The molecule has 0 fully saturated rings. The third kappa shape index (κ3) is 15.8. The largest absolute Gasteiger partial charge is 0.386 e. The van der Waals surface area contributed by atoms with Gasteiger partial charge in [0, 0.05) is 6.54 Å². The summed E-state index contributed by atoms with van der Waals surface area (Å²) in [4.78, 5) is 0. The molecular weight excluding hydrogens is 236 g/mol. The van der Waals surface area contributed by atoms with Crippen LogP contribution in [0.5, 0.6) is 0 Å². The molecule has 0 saturated heterocycles. The first-order valence-electron chi connectivity index (χ1n) is 8.15. The monoisotopic (exact) mass is 273 g/mol. The van der Waals surface area contributed by atoms with E-state index in [1.165, 1.54) is 51.4 Å². The zero-order valence-electron chi connectivity index (χ0n) is 13.7. The van der Waals surface area contributed by atoms with E-state index in [2.05, 4.69) is 33.4 Å². The number of quaternary nitrogens is 1. The molecule has 1 atom stereocenters. The van der Waals surface area contributed by atoms with E-state index >= 15 is 0 Å². The Morgan fingerprint density at radius 3 is 1.95 bits per heavy atom. The Hall–Kier alpha value is -0.120. The predicted molar refractivity (Wildman–Crippen MR) is 84.4 cm³/mol. The molecule has 0 bridgehead atoms. The highest BCUT2D eigenvalue weighted by Crippen LogP contribution is 2.07. The van der Waals surface area contributed by atoms with Crippen molar-refractivity contribution in [3.8, 4) is 0 Å². The molecule has 0 aliphatic carbocycles. The van der Waals surface area contributed by atoms with E-state index in [0.29, 0.717) is 0 Å². The Kier molecular flexibility index (Phi) is 11.6. The van der Waals surface area contributed by atoms with Gasteiger partial charge in [0.1, 0.15) is 12.6 Å². The lowest BCUT2D eigenvalue weighted by Crippen LogP contribution is -2.45. The molecule has 0 amide bonds. The van der Waals surface area contributed by atoms with Crippen molar-refractivity contribution < 1.29 is 9.59 Å². The van der Waals surface area contributed by atoms with Crippen LogP contribution in [0.1, 0.15) is 58.3 Å². The summed E-state index contributed by atoms with van der Waals surface area (Å²) in [5.74, 6) is 0. The maximum absolute atomic E-state index is 9.83. The fraction of sp³-hybridized carbons (Fsp3) is 1.00. The van der Waals surface area contributed by atoms with E-state index in [0.717, 1.165) is 24.1 Å². The minimum absolute atomic E-state index is 0.228. The molecule has 3 heteroatoms. The van der Waals surface area contributed by atoms with Crippen LogP contribution in [0.2, 0.25) is 0 Å². The topological polar surface area (TPSA) is 32.3 Å². The number of nitrogens with zero attached hydrogens (tertiary/aromatic N) is 1. The molecule has 0 spiro atoms. The number of hydrogen-bond acceptors (Lipinski definition) is 2. The van der Waals surface area contributed by atoms with Gasteiger partial charge in [0.15, 0.2) is 0 Å². The van der Waals surface area contributed by atoms with Crippen molar-refractivity contribution in [2.24, 2.45) is 0 Å². The van der Waals surface area contributed by atoms with Crippen molar-refractivity contribution in [3.05, 3.63) is 0 Å². The van der Waals surface area contributed by atoms with Crippen molar-refractivity contribution >= 4 is 0 Å². The van der Waals surface area contributed by atoms with Crippen LogP contribution in [-0.2, 0) is 0 Å². The summed E-state index contributed by atoms with van der Waals surface area (Å²) in [6.45, 7) is 4.85. The van der Waals surface area contributed by atoms with E-state index in [9.17, 15) is 5.11 Å². The fourth-order valence-electron chi connectivity index (χ4n) is 2.35. The van der Waals surface area contributed by atoms with Crippen molar-refractivity contribution in [2.45, 2.75) is 64.4 Å². The van der Waals surface area contributed by atoms with Gasteiger partial charge in [-0.05, 0) is 13.0 Å². The van der Waals surface area contributed by atoms with Gasteiger partial charge in [-0.1, -0.05) is 51.9 Å². The van der Waals surface area contributed by atoms with Crippen LogP contribution in [0.15, 0.2) is 0 Å². The summed E-state index contributed by atoms with van der Waals surface area (Å²) >= 11 is 0. The molecule has 116 valence electrons. The van der Waals surface area contributed by atoms with Crippen LogP contribution in [0.25, 0.3) is 0 Å². The van der Waals surface area contributed by atoms with Crippen molar-refractivity contribution in [1.29, 1.82) is 0 Å². The molecule has 2 N–H and O–H groups in total. The molecular formula is C16H37N2O+. The van der Waals surface area contributed by atoms with Crippen LogP contribution in [0.3, 0.4) is 0 Å². The van der Waals surface area contributed by atoms with Crippen LogP contribution >= 0.6 is 0 Å². The van der Waals surface area contributed by atoms with Crippen LogP contribution in [0.4, 0.5) is 0 Å². The minimum atomic E-state index is -0.228. The summed E-state index contributed by atoms with van der Waals surface area (Å²) in [5.41, 5.74) is 0. The van der Waals surface area contributed by atoms with Crippen molar-refractivity contribution in [2.75, 3.05) is 40.8 Å². The number of aliphatic hydroxyl groups is 1. The molecule has 19 heavy (non-hydrogen) atoms. The number of unbranched alkanes of at least 4 members (excludes halogenated alkanes) is 7. The second kappa shape index (κ2) is 11.7. The second-order valence-corrected chi connectivity index (χ2v) is 6.81. The quantitative estimate of drug-likeness (QED) is 0.399. The van der Waals surface area contributed by atoms with Gasteiger partial charge in [0.25, 0.3) is 0 Å². The molecule has 0 aliphatic rings. The average Bonchev–Trinajstić information content (AvgIpc) is 2.29. The molecule has 0 aromatic carbocycles. The van der Waals surface area contributed by atoms with Gasteiger partial charge in [-0.2, -0.15) is 0 Å². The first-order chi connectivity index (χ1) is 8.95. The highest BCUT2D eigenvalue weighted by molar-refractivity contribution is 4.58. The molecule has 0 rings (SSSR count). The minimum Gasteiger partial charge on any atom is -0.386 e. The van der Waals surface area contributed by atoms with Gasteiger partial charge in [0.2, 0.25) is 0 Å². The van der Waals surface area contributed by atoms with Gasteiger partial charge in [-0.3, -0.25) is 0 Å². The number of nitrogens with one attached hydrogen (secondary N) is 1. The predicted octanol–water partition coefficient (Wildman–Crippen LogP) is 2.78. The molecule has 0 heterocycles. The van der Waals surface area contributed by atoms with E-state index in [-0.39, 0.29) is 6.10 Å². The van der Waals surface area contributed by atoms with Gasteiger partial charge in [-0.25, -0.2) is 0 Å². The van der Waals surface area contributed by atoms with Crippen LogP contribution in [-0.4, -0.2) is 56.5 Å². The van der Waals surface area contributed by atoms with E-state index in [1.807, 2.05) is 0 Å². The van der Waals surface area contributed by atoms with E-state index in [1.54, 1.807) is 0 Å². The van der Waals surface area contributed by atoms with Crippen LogP contribution < -0.4 is 5.32 Å². The third-order valence-corrected chi connectivity index (χ3v) is 3.35. The molecule has 1 unspecified atom stereocenters. The average molecular weight is 273 g/mol. The van der Waals surface area contributed by atoms with Crippen LogP contribution in [0, 0.1) is 0 Å². The van der Waals surface area contributed by atoms with Gasteiger partial charge in [-0.15, -0.1) is 0 Å². The third-order valence-electron chi connectivity index (χ3n) is 3.35. The maximum atomic E-state index is 9.83. The molecule has 0 radical (unpaired) electrons. The summed E-state index contributed by atoms with van der Waals surface area (Å²) in [6, 6.07) is 0. The standard InChI is InChI=1S/C16H37N2O/c1-5-6-7-8-9-10-11-12-13-17-14-16(19)15-18(2,3)4/h16-17,19H,5-15H2,1-4H3/q+1. The number of aliphatic hydroxyl groups excluding tert-OH is 1. The Morgan fingerprint density at radius 1 is 0.895 bits per heavy atom. The summed E-state index contributed by atoms with van der Waals surface area (Å²) < 4.78 is 0.820. The highest BCUT2D eigenvalue weighted by atomic mass is 16.3. The lowest BCUT2D eigenvalue weighted by molar-refractivity contribution is -0.873. The summed E-state index contributed by atoms with van der Waals surface area (Å²) in [7, 11) is 6.34. The lowest BCUT2D eigenvalue weighted by atomic mass is 10.1. The zero-order chi connectivity index (χ0) is 14.6. The van der Waals surface area contributed by atoms with Crippen molar-refractivity contribution in [3.63, 3.8) is 0 Å². The number of hydrogen-bond donors (Lipinski definition) is 2. The first kappa shape index (κ1) is 18.9. The van der Waals surface area contributed by atoms with Gasteiger partial charge >= 0.3 is 0 Å². The normalized spacial score (nSPS) is 13.7. The summed E-state index contributed by atoms with van der Waals surface area (Å²) in [6.07, 6.45) is 10.6. The summed E-state index contributed by atoms with van der Waals surface area (Å²) in [5, 5.41) is 13.2. The Bertz CT molecular complexity index is 190. The van der Waals surface area contributed by atoms with E-state index in [4.69, 9.17) is 0 Å². The molecule has 0 saturated carbocycles. The molecule has 0 aliphatic heterocycles. The Balaban J connectivity index is 3.18. The molecule has 3 nitrogen and oxygen atoms in total. The lowest BCUT2D eigenvalue weighted by Gasteiger charge is -2.26. The Labute approximate surface area is 121 Å². The second-order valence-electron chi connectivity index (χ2n) is 6.81. The molecule has 0 aromatic rings. The van der Waals surface area contributed by atoms with E-state index < -0.39 is 0 Å². The molecule has 0 aromatic heterocycles. The highest BCUT2D eigenvalue weighted by Gasteiger charge is 2.14. The maximum Gasteiger partial charge on any atom is 0.115 e. The zero-order valence-corrected chi connectivity index (χ0v) is 13.7. The number of likely N-dealkylation sites (N-methyl/N-ethyl adjacent to an activating group) is 1. The van der Waals surface area contributed by atoms with Gasteiger partial charge < -0.3 is 14.9 Å². The Morgan fingerprint density at radius 2 is 1.42 bits per heavy atom. The fourth-order valence-corrected chi connectivity index (χ4v) is 2.35. The number of rotatable bonds is 13. The van der Waals surface area contributed by atoms with Crippen molar-refractivity contribution in [1.82, 2.24) is 5.32 Å².